The van der Waals surface area contributed by atoms with Gasteiger partial charge in [0.2, 0.25) is 5.95 Å². The van der Waals surface area contributed by atoms with Gasteiger partial charge in [0.15, 0.2) is 0 Å². The fourth-order valence-electron chi connectivity index (χ4n) is 3.13. The van der Waals surface area contributed by atoms with Crippen molar-refractivity contribution in [3.63, 3.8) is 0 Å². The molecule has 1 aliphatic carbocycles. The third-order valence-corrected chi connectivity index (χ3v) is 4.46. The number of aromatic amines is 1. The Hall–Kier alpha value is -1.55. The number of hydrogen-bond donors (Lipinski definition) is 2. The maximum atomic E-state index is 4.78. The van der Waals surface area contributed by atoms with Crippen LogP contribution in [-0.4, -0.2) is 35.6 Å². The van der Waals surface area contributed by atoms with Crippen LogP contribution >= 0.6 is 0 Å². The minimum Gasteiger partial charge on any atom is -0.341 e. The van der Waals surface area contributed by atoms with Crippen molar-refractivity contribution in [2.75, 3.05) is 24.5 Å². The van der Waals surface area contributed by atoms with Gasteiger partial charge in [-0.25, -0.2) is 4.98 Å². The molecule has 2 N–H and O–H groups in total. The molecule has 1 atom stereocenters. The second-order valence-electron chi connectivity index (χ2n) is 6.22. The highest BCUT2D eigenvalue weighted by atomic mass is 15.3. The molecule has 0 spiro atoms. The third-order valence-electron chi connectivity index (χ3n) is 4.46. The molecule has 1 aromatic heterocycles. The molecule has 0 bridgehead atoms. The van der Waals surface area contributed by atoms with Gasteiger partial charge in [0, 0.05) is 19.1 Å². The van der Waals surface area contributed by atoms with E-state index in [1.54, 1.807) is 0 Å². The van der Waals surface area contributed by atoms with E-state index in [-0.39, 0.29) is 0 Å². The summed E-state index contributed by atoms with van der Waals surface area (Å²) in [7, 11) is 0. The summed E-state index contributed by atoms with van der Waals surface area (Å²) < 4.78 is 0. The van der Waals surface area contributed by atoms with Gasteiger partial charge in [0.05, 0.1) is 11.0 Å². The maximum Gasteiger partial charge on any atom is 0.203 e. The Morgan fingerprint density at radius 1 is 1.15 bits per heavy atom. The van der Waals surface area contributed by atoms with Crippen LogP contribution in [0.4, 0.5) is 5.95 Å². The summed E-state index contributed by atoms with van der Waals surface area (Å²) in [4.78, 5) is 10.7. The average Bonchev–Trinajstić information content (AvgIpc) is 2.98. The van der Waals surface area contributed by atoms with E-state index in [0.717, 1.165) is 36.0 Å². The van der Waals surface area contributed by atoms with E-state index in [1.165, 1.54) is 32.2 Å². The van der Waals surface area contributed by atoms with Crippen LogP contribution in [0.25, 0.3) is 11.0 Å². The zero-order chi connectivity index (χ0) is 13.4. The molecular formula is C16H22N4. The van der Waals surface area contributed by atoms with Gasteiger partial charge >= 0.3 is 0 Å². The molecule has 1 unspecified atom stereocenters. The number of imidazole rings is 1. The van der Waals surface area contributed by atoms with Crippen LogP contribution in [0.3, 0.4) is 0 Å². The van der Waals surface area contributed by atoms with Crippen molar-refractivity contribution >= 4 is 17.0 Å². The summed E-state index contributed by atoms with van der Waals surface area (Å²) in [6.45, 7) is 3.40. The van der Waals surface area contributed by atoms with Crippen LogP contribution in [0, 0.1) is 5.92 Å². The van der Waals surface area contributed by atoms with Crippen LogP contribution in [0.2, 0.25) is 0 Å². The van der Waals surface area contributed by atoms with Crippen molar-refractivity contribution < 1.29 is 0 Å². The van der Waals surface area contributed by atoms with E-state index in [4.69, 9.17) is 4.98 Å². The predicted molar refractivity (Wildman–Crippen MR) is 82.1 cm³/mol. The molecular weight excluding hydrogens is 248 g/mol. The van der Waals surface area contributed by atoms with E-state index < -0.39 is 0 Å². The number of nitrogens with one attached hydrogen (secondary N) is 2. The van der Waals surface area contributed by atoms with Gasteiger partial charge in [-0.1, -0.05) is 12.1 Å². The van der Waals surface area contributed by atoms with Crippen LogP contribution in [0.5, 0.6) is 0 Å². The van der Waals surface area contributed by atoms with Gasteiger partial charge in [-0.2, -0.15) is 0 Å². The fraction of sp³-hybridized carbons (Fsp3) is 0.562. The SMILES string of the molecule is c1ccc2[nH]c(N(CC3CC3)CC3CCCN3)nc2c1. The standard InChI is InChI=1S/C16H22N4/c1-2-6-15-14(5-1)18-16(19-15)20(10-12-7-8-12)11-13-4-3-9-17-13/h1-2,5-6,12-13,17H,3-4,7-11H2,(H,18,19). The predicted octanol–water partition coefficient (Wildman–Crippen LogP) is 2.53. The second kappa shape index (κ2) is 5.09. The van der Waals surface area contributed by atoms with Crippen LogP contribution in [-0.2, 0) is 0 Å². The molecule has 1 aliphatic heterocycles. The fourth-order valence-corrected chi connectivity index (χ4v) is 3.13. The molecule has 2 fully saturated rings. The monoisotopic (exact) mass is 270 g/mol. The molecule has 20 heavy (non-hydrogen) atoms. The normalized spacial score (nSPS) is 22.5. The van der Waals surface area contributed by atoms with E-state index in [0.29, 0.717) is 6.04 Å². The van der Waals surface area contributed by atoms with Crippen molar-refractivity contribution in [1.29, 1.82) is 0 Å². The Morgan fingerprint density at radius 3 is 2.80 bits per heavy atom. The first-order valence-corrected chi connectivity index (χ1v) is 7.81. The lowest BCUT2D eigenvalue weighted by atomic mass is 10.2. The topological polar surface area (TPSA) is 44.0 Å². The van der Waals surface area contributed by atoms with Gasteiger partial charge in [-0.15, -0.1) is 0 Å². The summed E-state index contributed by atoms with van der Waals surface area (Å²) in [5, 5.41) is 3.60. The largest absolute Gasteiger partial charge is 0.341 e. The zero-order valence-electron chi connectivity index (χ0n) is 11.8. The molecule has 2 aliphatic rings. The second-order valence-corrected chi connectivity index (χ2v) is 6.22. The summed E-state index contributed by atoms with van der Waals surface area (Å²) in [5.41, 5.74) is 2.21. The van der Waals surface area contributed by atoms with Crippen molar-refractivity contribution in [2.24, 2.45) is 5.92 Å². The van der Waals surface area contributed by atoms with E-state index in [9.17, 15) is 0 Å². The van der Waals surface area contributed by atoms with Crippen molar-refractivity contribution in [2.45, 2.75) is 31.7 Å². The van der Waals surface area contributed by atoms with Crippen LogP contribution in [0.15, 0.2) is 24.3 Å². The molecule has 106 valence electrons. The lowest BCUT2D eigenvalue weighted by Gasteiger charge is -2.25. The Kier molecular flexibility index (Phi) is 3.11. The molecule has 1 aromatic carbocycles. The van der Waals surface area contributed by atoms with Crippen molar-refractivity contribution in [3.8, 4) is 0 Å². The third kappa shape index (κ3) is 2.52. The highest BCUT2D eigenvalue weighted by molar-refractivity contribution is 5.77. The van der Waals surface area contributed by atoms with E-state index >= 15 is 0 Å². The first kappa shape index (κ1) is 12.2. The molecule has 1 saturated carbocycles. The maximum absolute atomic E-state index is 4.78. The molecule has 4 rings (SSSR count). The zero-order valence-corrected chi connectivity index (χ0v) is 11.8. The van der Waals surface area contributed by atoms with Gasteiger partial charge < -0.3 is 15.2 Å². The molecule has 2 aromatic rings. The molecule has 4 nitrogen and oxygen atoms in total. The van der Waals surface area contributed by atoms with E-state index in [1.807, 2.05) is 0 Å². The summed E-state index contributed by atoms with van der Waals surface area (Å²) in [5.74, 6) is 1.93. The number of aromatic nitrogens is 2. The summed E-state index contributed by atoms with van der Waals surface area (Å²) in [6, 6.07) is 8.93. The van der Waals surface area contributed by atoms with Gasteiger partial charge in [-0.05, 0) is 50.3 Å². The minimum absolute atomic E-state index is 0.627. The van der Waals surface area contributed by atoms with Crippen LogP contribution in [0.1, 0.15) is 25.7 Å². The Balaban J connectivity index is 1.58. The number of anilines is 1. The van der Waals surface area contributed by atoms with Gasteiger partial charge in [-0.3, -0.25) is 0 Å². The molecule has 4 heteroatoms. The Bertz CT molecular complexity index is 548. The van der Waals surface area contributed by atoms with Gasteiger partial charge in [0.25, 0.3) is 0 Å². The molecule has 1 saturated heterocycles. The first-order valence-electron chi connectivity index (χ1n) is 7.81. The molecule has 0 radical (unpaired) electrons. The molecule has 2 heterocycles. The lowest BCUT2D eigenvalue weighted by Crippen LogP contribution is -2.39. The quantitative estimate of drug-likeness (QED) is 0.877. The summed E-state index contributed by atoms with van der Waals surface area (Å²) >= 11 is 0. The minimum atomic E-state index is 0.627. The average molecular weight is 270 g/mol. The number of H-pyrrole nitrogens is 1. The number of para-hydroxylation sites is 2. The van der Waals surface area contributed by atoms with Crippen LogP contribution < -0.4 is 10.2 Å². The lowest BCUT2D eigenvalue weighted by molar-refractivity contribution is 0.565. The van der Waals surface area contributed by atoms with Gasteiger partial charge in [0.1, 0.15) is 0 Å². The summed E-state index contributed by atoms with van der Waals surface area (Å²) in [6.07, 6.45) is 5.37. The number of nitrogens with zero attached hydrogens (tertiary/aromatic N) is 2. The highest BCUT2D eigenvalue weighted by Crippen LogP contribution is 2.31. The highest BCUT2D eigenvalue weighted by Gasteiger charge is 2.28. The number of benzene rings is 1. The number of rotatable bonds is 5. The molecule has 0 amide bonds. The number of hydrogen-bond acceptors (Lipinski definition) is 3. The van der Waals surface area contributed by atoms with E-state index in [2.05, 4.69) is 39.5 Å². The smallest absolute Gasteiger partial charge is 0.203 e. The van der Waals surface area contributed by atoms with Crippen molar-refractivity contribution in [1.82, 2.24) is 15.3 Å². The van der Waals surface area contributed by atoms with Crippen molar-refractivity contribution in [3.05, 3.63) is 24.3 Å². The Labute approximate surface area is 119 Å². The first-order chi connectivity index (χ1) is 9.88. The Morgan fingerprint density at radius 2 is 2.05 bits per heavy atom. The number of fused-ring (bicyclic) bond motifs is 1.